The summed E-state index contributed by atoms with van der Waals surface area (Å²) in [5.41, 5.74) is 5.92. The van der Waals surface area contributed by atoms with E-state index in [0.29, 0.717) is 19.0 Å². The lowest BCUT2D eigenvalue weighted by Gasteiger charge is -2.30. The van der Waals surface area contributed by atoms with Crippen LogP contribution in [0.25, 0.3) is 0 Å². The molecule has 0 radical (unpaired) electrons. The predicted molar refractivity (Wildman–Crippen MR) is 70.4 cm³/mol. The van der Waals surface area contributed by atoms with Crippen LogP contribution in [0.15, 0.2) is 23.4 Å². The van der Waals surface area contributed by atoms with Crippen molar-refractivity contribution in [3.05, 3.63) is 18.3 Å². The van der Waals surface area contributed by atoms with Crippen LogP contribution in [-0.2, 0) is 10.0 Å². The monoisotopic (exact) mass is 269 g/mol. The molecule has 0 atom stereocenters. The third-order valence-electron chi connectivity index (χ3n) is 3.54. The summed E-state index contributed by atoms with van der Waals surface area (Å²) in [4.78, 5) is 3.91. The summed E-state index contributed by atoms with van der Waals surface area (Å²) in [6.45, 7) is 3.28. The quantitative estimate of drug-likeness (QED) is 0.901. The minimum absolute atomic E-state index is 0.0139. The van der Waals surface area contributed by atoms with Crippen molar-refractivity contribution in [3.8, 4) is 0 Å². The average Bonchev–Trinajstić information content (AvgIpc) is 2.39. The van der Waals surface area contributed by atoms with E-state index in [9.17, 15) is 8.42 Å². The van der Waals surface area contributed by atoms with E-state index in [-0.39, 0.29) is 10.7 Å². The highest BCUT2D eigenvalue weighted by atomic mass is 32.2. The Labute approximate surface area is 108 Å². The van der Waals surface area contributed by atoms with Gasteiger partial charge in [0, 0.05) is 19.3 Å². The first-order valence-electron chi connectivity index (χ1n) is 6.26. The van der Waals surface area contributed by atoms with Crippen LogP contribution in [0.2, 0.25) is 0 Å². The number of anilines is 1. The fraction of sp³-hybridized carbons (Fsp3) is 0.583. The van der Waals surface area contributed by atoms with E-state index in [1.54, 1.807) is 12.1 Å². The number of hydrogen-bond donors (Lipinski definition) is 1. The molecule has 1 fully saturated rings. The van der Waals surface area contributed by atoms with Gasteiger partial charge in [0.15, 0.2) is 5.03 Å². The van der Waals surface area contributed by atoms with Gasteiger partial charge in [-0.1, -0.05) is 13.3 Å². The van der Waals surface area contributed by atoms with Crippen LogP contribution in [0.5, 0.6) is 0 Å². The highest BCUT2D eigenvalue weighted by Gasteiger charge is 2.30. The summed E-state index contributed by atoms with van der Waals surface area (Å²) >= 11 is 0. The molecule has 6 heteroatoms. The Morgan fingerprint density at radius 3 is 2.67 bits per heavy atom. The lowest BCUT2D eigenvalue weighted by Crippen LogP contribution is -2.38. The van der Waals surface area contributed by atoms with Gasteiger partial charge in [-0.05, 0) is 30.9 Å². The summed E-state index contributed by atoms with van der Waals surface area (Å²) in [6.07, 6.45) is 4.41. The Morgan fingerprint density at radius 2 is 2.11 bits per heavy atom. The number of nitrogen functional groups attached to an aromatic ring is 1. The molecule has 100 valence electrons. The van der Waals surface area contributed by atoms with Crippen LogP contribution in [0.1, 0.15) is 26.2 Å². The van der Waals surface area contributed by atoms with Gasteiger partial charge in [0.1, 0.15) is 0 Å². The minimum Gasteiger partial charge on any atom is -0.396 e. The van der Waals surface area contributed by atoms with Crippen molar-refractivity contribution in [1.82, 2.24) is 9.29 Å². The zero-order chi connectivity index (χ0) is 13.2. The standard InChI is InChI=1S/C12H19N3O2S/c1-2-10-5-8-15(9-6-10)18(16,17)12-11(13)4-3-7-14-12/h3-4,7,10H,2,5-6,8-9,13H2,1H3. The highest BCUT2D eigenvalue weighted by Crippen LogP contribution is 2.26. The molecule has 2 rings (SSSR count). The number of hydrogen-bond acceptors (Lipinski definition) is 4. The van der Waals surface area contributed by atoms with Gasteiger partial charge in [-0.3, -0.25) is 0 Å². The smallest absolute Gasteiger partial charge is 0.262 e. The Hall–Kier alpha value is -1.14. The molecule has 1 saturated heterocycles. The van der Waals surface area contributed by atoms with Crippen molar-refractivity contribution in [3.63, 3.8) is 0 Å². The van der Waals surface area contributed by atoms with E-state index >= 15 is 0 Å². The number of sulfonamides is 1. The van der Waals surface area contributed by atoms with Crippen molar-refractivity contribution in [2.75, 3.05) is 18.8 Å². The van der Waals surface area contributed by atoms with E-state index in [0.717, 1.165) is 19.3 Å². The molecule has 1 aromatic heterocycles. The molecule has 2 heterocycles. The van der Waals surface area contributed by atoms with Crippen LogP contribution in [0.4, 0.5) is 5.69 Å². The van der Waals surface area contributed by atoms with Crippen LogP contribution < -0.4 is 5.73 Å². The van der Waals surface area contributed by atoms with Gasteiger partial charge >= 0.3 is 0 Å². The first-order valence-corrected chi connectivity index (χ1v) is 7.70. The van der Waals surface area contributed by atoms with Crippen molar-refractivity contribution in [1.29, 1.82) is 0 Å². The molecule has 0 saturated carbocycles. The molecule has 0 bridgehead atoms. The van der Waals surface area contributed by atoms with Crippen molar-refractivity contribution >= 4 is 15.7 Å². The Bertz CT molecular complexity index is 508. The normalized spacial score (nSPS) is 18.9. The van der Waals surface area contributed by atoms with Gasteiger partial charge in [0.25, 0.3) is 10.0 Å². The maximum atomic E-state index is 12.4. The number of nitrogens with zero attached hydrogens (tertiary/aromatic N) is 2. The second-order valence-corrected chi connectivity index (χ2v) is 6.51. The van der Waals surface area contributed by atoms with Gasteiger partial charge in [0.2, 0.25) is 0 Å². The maximum Gasteiger partial charge on any atom is 0.262 e. The van der Waals surface area contributed by atoms with E-state index in [2.05, 4.69) is 11.9 Å². The Morgan fingerprint density at radius 1 is 1.44 bits per heavy atom. The first kappa shape index (κ1) is 13.3. The molecule has 0 unspecified atom stereocenters. The van der Waals surface area contributed by atoms with E-state index in [1.807, 2.05) is 0 Å². The molecule has 1 aliphatic heterocycles. The molecular weight excluding hydrogens is 250 g/mol. The van der Waals surface area contributed by atoms with Gasteiger partial charge < -0.3 is 5.73 Å². The van der Waals surface area contributed by atoms with Crippen LogP contribution >= 0.6 is 0 Å². The molecule has 18 heavy (non-hydrogen) atoms. The first-order chi connectivity index (χ1) is 8.55. The van der Waals surface area contributed by atoms with Gasteiger partial charge in [-0.2, -0.15) is 4.31 Å². The number of piperidine rings is 1. The summed E-state index contributed by atoms with van der Waals surface area (Å²) in [5, 5.41) is -0.0139. The highest BCUT2D eigenvalue weighted by molar-refractivity contribution is 7.89. The Kier molecular flexibility index (Phi) is 3.87. The average molecular weight is 269 g/mol. The van der Waals surface area contributed by atoms with E-state index in [1.165, 1.54) is 10.5 Å². The molecule has 0 amide bonds. The lowest BCUT2D eigenvalue weighted by molar-refractivity contribution is 0.268. The third kappa shape index (κ3) is 2.49. The van der Waals surface area contributed by atoms with Crippen LogP contribution in [-0.4, -0.2) is 30.8 Å². The molecule has 5 nitrogen and oxygen atoms in total. The van der Waals surface area contributed by atoms with E-state index in [4.69, 9.17) is 5.73 Å². The zero-order valence-corrected chi connectivity index (χ0v) is 11.4. The van der Waals surface area contributed by atoms with Gasteiger partial charge in [0.05, 0.1) is 5.69 Å². The lowest BCUT2D eigenvalue weighted by atomic mass is 9.96. The topological polar surface area (TPSA) is 76.3 Å². The van der Waals surface area contributed by atoms with Crippen molar-refractivity contribution in [2.45, 2.75) is 31.2 Å². The molecule has 1 aromatic rings. The largest absolute Gasteiger partial charge is 0.396 e. The summed E-state index contributed by atoms with van der Waals surface area (Å²) in [6, 6.07) is 3.20. The fourth-order valence-corrected chi connectivity index (χ4v) is 3.80. The molecule has 1 aliphatic rings. The third-order valence-corrected chi connectivity index (χ3v) is 5.41. The summed E-state index contributed by atoms with van der Waals surface area (Å²) in [5.74, 6) is 0.637. The molecule has 0 aromatic carbocycles. The van der Waals surface area contributed by atoms with E-state index < -0.39 is 10.0 Å². The predicted octanol–water partition coefficient (Wildman–Crippen LogP) is 1.47. The Balaban J connectivity index is 2.20. The number of rotatable bonds is 3. The van der Waals surface area contributed by atoms with Gasteiger partial charge in [-0.25, -0.2) is 13.4 Å². The van der Waals surface area contributed by atoms with Crippen LogP contribution in [0.3, 0.4) is 0 Å². The molecule has 0 aliphatic carbocycles. The second-order valence-electron chi connectivity index (χ2n) is 4.65. The van der Waals surface area contributed by atoms with Crippen molar-refractivity contribution < 1.29 is 8.42 Å². The molecule has 2 N–H and O–H groups in total. The van der Waals surface area contributed by atoms with Gasteiger partial charge in [-0.15, -0.1) is 0 Å². The zero-order valence-electron chi connectivity index (χ0n) is 10.5. The number of aromatic nitrogens is 1. The van der Waals surface area contributed by atoms with Crippen LogP contribution in [0, 0.1) is 5.92 Å². The maximum absolute atomic E-state index is 12.4. The second kappa shape index (κ2) is 5.24. The fourth-order valence-electron chi connectivity index (χ4n) is 2.30. The molecular formula is C12H19N3O2S. The molecule has 0 spiro atoms. The SMILES string of the molecule is CCC1CCN(S(=O)(=O)c2ncccc2N)CC1. The minimum atomic E-state index is -3.53. The number of pyridine rings is 1. The number of nitrogens with two attached hydrogens (primary N) is 1. The summed E-state index contributed by atoms with van der Waals surface area (Å²) in [7, 11) is -3.53. The van der Waals surface area contributed by atoms with Crippen molar-refractivity contribution in [2.24, 2.45) is 5.92 Å². The summed E-state index contributed by atoms with van der Waals surface area (Å²) < 4.78 is 26.3.